The summed E-state index contributed by atoms with van der Waals surface area (Å²) in [5.74, 6) is 1.67. The highest BCUT2D eigenvalue weighted by atomic mass is 15.3. The van der Waals surface area contributed by atoms with Crippen molar-refractivity contribution >= 4 is 28.6 Å². The van der Waals surface area contributed by atoms with Crippen LogP contribution in [0.4, 0.5) is 17.5 Å². The van der Waals surface area contributed by atoms with Gasteiger partial charge in [-0.3, -0.25) is 4.90 Å². The predicted molar refractivity (Wildman–Crippen MR) is 138 cm³/mol. The summed E-state index contributed by atoms with van der Waals surface area (Å²) in [7, 11) is 0. The summed E-state index contributed by atoms with van der Waals surface area (Å²) in [6.07, 6.45) is 14.8. The van der Waals surface area contributed by atoms with Crippen LogP contribution in [0.3, 0.4) is 0 Å². The minimum atomic E-state index is 0.510. The Morgan fingerprint density at radius 3 is 2.24 bits per heavy atom. The number of fused-ring (bicyclic) bond motifs is 1. The molecule has 0 spiro atoms. The molecule has 7 nitrogen and oxygen atoms in total. The number of likely N-dealkylation sites (tertiary alicyclic amines) is 1. The zero-order chi connectivity index (χ0) is 22.7. The molecular formula is C27H37N7. The minimum Gasteiger partial charge on any atom is -0.341 e. The fourth-order valence-corrected chi connectivity index (χ4v) is 5.88. The number of rotatable bonds is 6. The number of nitrogens with one attached hydrogen (secondary N) is 1. The molecule has 3 fully saturated rings. The SMILES string of the molecule is c1cc(Nc2nc(N3CCCCC3)nc3c2ncn3C2CCCC2)ccc1CN1CCCCC1. The van der Waals surface area contributed by atoms with Gasteiger partial charge in [-0.05, 0) is 75.7 Å². The number of imidazole rings is 1. The Balaban J connectivity index is 1.28. The molecule has 1 saturated carbocycles. The summed E-state index contributed by atoms with van der Waals surface area (Å²) in [6.45, 7) is 5.56. The van der Waals surface area contributed by atoms with Crippen LogP contribution >= 0.6 is 0 Å². The van der Waals surface area contributed by atoms with Crippen molar-refractivity contribution in [3.05, 3.63) is 36.2 Å². The molecule has 3 aliphatic rings. The molecule has 2 saturated heterocycles. The highest BCUT2D eigenvalue weighted by Gasteiger charge is 2.24. The number of benzene rings is 1. The minimum absolute atomic E-state index is 0.510. The largest absolute Gasteiger partial charge is 0.341 e. The van der Waals surface area contributed by atoms with Gasteiger partial charge in [0.15, 0.2) is 17.0 Å². The Bertz CT molecular complexity index is 1090. The summed E-state index contributed by atoms with van der Waals surface area (Å²) in [5, 5.41) is 3.59. The second-order valence-corrected chi connectivity index (χ2v) is 10.3. The van der Waals surface area contributed by atoms with Crippen molar-refractivity contribution in [2.75, 3.05) is 36.4 Å². The van der Waals surface area contributed by atoms with E-state index in [2.05, 4.69) is 43.9 Å². The smallest absolute Gasteiger partial charge is 0.229 e. The van der Waals surface area contributed by atoms with E-state index in [9.17, 15) is 0 Å². The molecule has 2 aromatic heterocycles. The highest BCUT2D eigenvalue weighted by Crippen LogP contribution is 2.34. The molecule has 3 aromatic rings. The first-order chi connectivity index (χ1) is 16.8. The van der Waals surface area contributed by atoms with Gasteiger partial charge in [-0.1, -0.05) is 31.4 Å². The maximum Gasteiger partial charge on any atom is 0.229 e. The molecular weight excluding hydrogens is 422 g/mol. The Kier molecular flexibility index (Phi) is 6.36. The lowest BCUT2D eigenvalue weighted by molar-refractivity contribution is 0.221. The number of anilines is 3. The monoisotopic (exact) mass is 459 g/mol. The van der Waals surface area contributed by atoms with Gasteiger partial charge in [0, 0.05) is 31.4 Å². The molecule has 0 unspecified atom stereocenters. The molecule has 6 rings (SSSR count). The van der Waals surface area contributed by atoms with Crippen LogP contribution in [0.25, 0.3) is 11.2 Å². The molecule has 1 aromatic carbocycles. The van der Waals surface area contributed by atoms with E-state index in [1.54, 1.807) is 0 Å². The van der Waals surface area contributed by atoms with Gasteiger partial charge in [-0.2, -0.15) is 9.97 Å². The van der Waals surface area contributed by atoms with E-state index in [-0.39, 0.29) is 0 Å². The first-order valence-electron chi connectivity index (χ1n) is 13.4. The standard InChI is InChI=1S/C27H37N7/c1-5-15-32(16-6-1)19-21-11-13-22(14-12-21)29-25-24-26(34(20-28-24)23-9-3-4-10-23)31-27(30-25)33-17-7-2-8-18-33/h11-14,20,23H,1-10,15-19H2,(H,29,30,31). The molecule has 180 valence electrons. The number of hydrogen-bond donors (Lipinski definition) is 1. The molecule has 0 amide bonds. The summed E-state index contributed by atoms with van der Waals surface area (Å²) in [4.78, 5) is 19.8. The van der Waals surface area contributed by atoms with E-state index in [4.69, 9.17) is 15.0 Å². The summed E-state index contributed by atoms with van der Waals surface area (Å²) in [6, 6.07) is 9.37. The first kappa shape index (κ1) is 21.8. The fraction of sp³-hybridized carbons (Fsp3) is 0.593. The van der Waals surface area contributed by atoms with E-state index < -0.39 is 0 Å². The van der Waals surface area contributed by atoms with Crippen LogP contribution in [0.1, 0.15) is 75.8 Å². The second-order valence-electron chi connectivity index (χ2n) is 10.3. The van der Waals surface area contributed by atoms with Crippen LogP contribution in [0.15, 0.2) is 30.6 Å². The maximum absolute atomic E-state index is 5.05. The average molecular weight is 460 g/mol. The Morgan fingerprint density at radius 1 is 0.794 bits per heavy atom. The van der Waals surface area contributed by atoms with Gasteiger partial charge in [0.2, 0.25) is 5.95 Å². The van der Waals surface area contributed by atoms with Gasteiger partial charge < -0.3 is 14.8 Å². The summed E-state index contributed by atoms with van der Waals surface area (Å²) < 4.78 is 2.31. The maximum atomic E-state index is 5.05. The van der Waals surface area contributed by atoms with Gasteiger partial charge in [0.25, 0.3) is 0 Å². The number of hydrogen-bond acceptors (Lipinski definition) is 6. The van der Waals surface area contributed by atoms with E-state index in [1.807, 2.05) is 6.33 Å². The van der Waals surface area contributed by atoms with Gasteiger partial charge in [-0.25, -0.2) is 4.98 Å². The van der Waals surface area contributed by atoms with E-state index in [0.717, 1.165) is 48.3 Å². The molecule has 0 radical (unpaired) electrons. The normalized spacial score (nSPS) is 20.3. The zero-order valence-electron chi connectivity index (χ0n) is 20.3. The third kappa shape index (κ3) is 4.63. The van der Waals surface area contributed by atoms with Crippen molar-refractivity contribution in [2.45, 2.75) is 76.8 Å². The predicted octanol–water partition coefficient (Wildman–Crippen LogP) is 5.66. The highest BCUT2D eigenvalue weighted by molar-refractivity contribution is 5.86. The molecule has 1 N–H and O–H groups in total. The lowest BCUT2D eigenvalue weighted by atomic mass is 10.1. The van der Waals surface area contributed by atoms with Crippen LogP contribution in [-0.2, 0) is 6.54 Å². The van der Waals surface area contributed by atoms with Crippen LogP contribution in [0.2, 0.25) is 0 Å². The molecule has 34 heavy (non-hydrogen) atoms. The molecule has 1 aliphatic carbocycles. The topological polar surface area (TPSA) is 62.1 Å². The quantitative estimate of drug-likeness (QED) is 0.513. The summed E-state index contributed by atoms with van der Waals surface area (Å²) >= 11 is 0. The average Bonchev–Trinajstić information content (AvgIpc) is 3.56. The van der Waals surface area contributed by atoms with Gasteiger partial charge in [0.1, 0.15) is 0 Å². The third-order valence-corrected chi connectivity index (χ3v) is 7.84. The van der Waals surface area contributed by atoms with Gasteiger partial charge in [0.05, 0.1) is 6.33 Å². The van der Waals surface area contributed by atoms with Gasteiger partial charge >= 0.3 is 0 Å². The van der Waals surface area contributed by atoms with Crippen molar-refractivity contribution in [1.29, 1.82) is 0 Å². The molecule has 7 heteroatoms. The van der Waals surface area contributed by atoms with E-state index in [1.165, 1.54) is 82.9 Å². The fourth-order valence-electron chi connectivity index (χ4n) is 5.88. The van der Waals surface area contributed by atoms with Crippen molar-refractivity contribution in [3.63, 3.8) is 0 Å². The number of nitrogens with zero attached hydrogens (tertiary/aromatic N) is 6. The van der Waals surface area contributed by atoms with Gasteiger partial charge in [-0.15, -0.1) is 0 Å². The lowest BCUT2D eigenvalue weighted by Crippen LogP contribution is -2.31. The summed E-state index contributed by atoms with van der Waals surface area (Å²) in [5.41, 5.74) is 4.29. The number of aromatic nitrogens is 4. The van der Waals surface area contributed by atoms with Crippen molar-refractivity contribution in [3.8, 4) is 0 Å². The zero-order valence-corrected chi connectivity index (χ0v) is 20.3. The van der Waals surface area contributed by atoms with Crippen LogP contribution in [0, 0.1) is 0 Å². The number of piperidine rings is 2. The Hall–Kier alpha value is -2.67. The molecule has 0 bridgehead atoms. The van der Waals surface area contributed by atoms with Crippen LogP contribution < -0.4 is 10.2 Å². The Labute approximate surface area is 202 Å². The Morgan fingerprint density at radius 2 is 1.50 bits per heavy atom. The molecule has 0 atom stereocenters. The lowest BCUT2D eigenvalue weighted by Gasteiger charge is -2.27. The molecule has 4 heterocycles. The third-order valence-electron chi connectivity index (χ3n) is 7.84. The van der Waals surface area contributed by atoms with Crippen molar-refractivity contribution in [2.24, 2.45) is 0 Å². The van der Waals surface area contributed by atoms with Crippen LogP contribution in [0.5, 0.6) is 0 Å². The van der Waals surface area contributed by atoms with Crippen molar-refractivity contribution < 1.29 is 0 Å². The first-order valence-corrected chi connectivity index (χ1v) is 13.4. The van der Waals surface area contributed by atoms with Crippen LogP contribution in [-0.4, -0.2) is 50.6 Å². The van der Waals surface area contributed by atoms with Crippen molar-refractivity contribution in [1.82, 2.24) is 24.4 Å². The van der Waals surface area contributed by atoms with E-state index in [0.29, 0.717) is 6.04 Å². The second kappa shape index (κ2) is 9.90. The van der Waals surface area contributed by atoms with E-state index >= 15 is 0 Å². The molecule has 2 aliphatic heterocycles.